The van der Waals surface area contributed by atoms with Gasteiger partial charge in [0.1, 0.15) is 0 Å². The van der Waals surface area contributed by atoms with Gasteiger partial charge in [-0.15, -0.1) is 0 Å². The first-order chi connectivity index (χ1) is 20.3. The average molecular weight is 527 g/mol. The van der Waals surface area contributed by atoms with Crippen LogP contribution in [0.5, 0.6) is 0 Å². The minimum absolute atomic E-state index is 0.109. The van der Waals surface area contributed by atoms with Gasteiger partial charge >= 0.3 is 0 Å². The highest BCUT2D eigenvalue weighted by molar-refractivity contribution is 6.18. The highest BCUT2D eigenvalue weighted by Gasteiger charge is 2.31. The van der Waals surface area contributed by atoms with Crippen molar-refractivity contribution in [2.24, 2.45) is 0 Å². The molecule has 6 heteroatoms. The third-order valence-electron chi connectivity index (χ3n) is 7.79. The molecule has 0 fully saturated rings. The molecule has 0 spiro atoms. The monoisotopic (exact) mass is 526 g/mol. The number of hydrogen-bond acceptors (Lipinski definition) is 6. The van der Waals surface area contributed by atoms with Gasteiger partial charge in [0.05, 0.1) is 45.3 Å². The standard InChI is InChI=1S/C35H22N6/c36-21-22-9-8-12-24(19-22)30-20-29(23-10-2-1-3-11-23)39-35(40-30)41-31-16-7-5-14-27(31)33-32-26(17-18-37-33)25-13-4-6-15-28(25)38-34(32)41/h1-10,12-20,23H,11H2. The zero-order valence-corrected chi connectivity index (χ0v) is 21.9. The van der Waals surface area contributed by atoms with Crippen LogP contribution in [0.25, 0.3) is 44.2 Å². The van der Waals surface area contributed by atoms with E-state index in [9.17, 15) is 5.26 Å². The second-order valence-electron chi connectivity index (χ2n) is 10.2. The van der Waals surface area contributed by atoms with Crippen LogP contribution in [0, 0.1) is 11.3 Å². The van der Waals surface area contributed by atoms with Crippen LogP contribution in [0.1, 0.15) is 23.6 Å². The number of allylic oxidation sites excluding steroid dienone is 4. The van der Waals surface area contributed by atoms with E-state index >= 15 is 0 Å². The highest BCUT2D eigenvalue weighted by atomic mass is 15.3. The summed E-state index contributed by atoms with van der Waals surface area (Å²) in [5.74, 6) is 1.40. The third kappa shape index (κ3) is 3.71. The lowest BCUT2D eigenvalue weighted by atomic mass is 9.95. The lowest BCUT2D eigenvalue weighted by molar-refractivity contribution is 0.807. The molecule has 0 bridgehead atoms. The smallest absolute Gasteiger partial charge is 0.236 e. The number of anilines is 3. The molecule has 0 amide bonds. The normalized spacial score (nSPS) is 15.2. The second kappa shape index (κ2) is 9.22. The molecule has 2 aliphatic rings. The molecular formula is C35H22N6. The largest absolute Gasteiger partial charge is 0.262 e. The van der Waals surface area contributed by atoms with Gasteiger partial charge < -0.3 is 0 Å². The van der Waals surface area contributed by atoms with Gasteiger partial charge in [-0.05, 0) is 48.2 Å². The first kappa shape index (κ1) is 23.2. The van der Waals surface area contributed by atoms with Crippen LogP contribution in [0.3, 0.4) is 0 Å². The Labute approximate surface area is 236 Å². The van der Waals surface area contributed by atoms with Crippen molar-refractivity contribution in [3.05, 3.63) is 127 Å². The summed E-state index contributed by atoms with van der Waals surface area (Å²) in [6.45, 7) is 0. The van der Waals surface area contributed by atoms with Crippen molar-refractivity contribution in [1.82, 2.24) is 19.9 Å². The van der Waals surface area contributed by atoms with Crippen molar-refractivity contribution in [3.63, 3.8) is 0 Å². The molecule has 3 aromatic carbocycles. The molecule has 4 heterocycles. The van der Waals surface area contributed by atoms with E-state index in [1.165, 1.54) is 0 Å². The average Bonchev–Trinajstić information content (AvgIpc) is 3.05. The summed E-state index contributed by atoms with van der Waals surface area (Å²) in [7, 11) is 0. The fourth-order valence-corrected chi connectivity index (χ4v) is 5.87. The molecule has 8 rings (SSSR count). The number of rotatable bonds is 3. The number of pyridine rings is 2. The molecule has 6 nitrogen and oxygen atoms in total. The topological polar surface area (TPSA) is 78.6 Å². The number of para-hydroxylation sites is 2. The molecule has 0 N–H and O–H groups in total. The molecule has 1 atom stereocenters. The van der Waals surface area contributed by atoms with Gasteiger partial charge in [0.25, 0.3) is 0 Å². The van der Waals surface area contributed by atoms with E-state index in [4.69, 9.17) is 19.9 Å². The van der Waals surface area contributed by atoms with Crippen molar-refractivity contribution in [1.29, 1.82) is 5.26 Å². The fourth-order valence-electron chi connectivity index (χ4n) is 5.87. The molecule has 0 saturated carbocycles. The van der Waals surface area contributed by atoms with Gasteiger partial charge in [-0.1, -0.05) is 72.8 Å². The maximum absolute atomic E-state index is 9.58. The second-order valence-corrected chi connectivity index (χ2v) is 10.2. The maximum atomic E-state index is 9.58. The quantitative estimate of drug-likeness (QED) is 0.216. The first-order valence-electron chi connectivity index (χ1n) is 13.6. The van der Waals surface area contributed by atoms with E-state index in [2.05, 4.69) is 59.5 Å². The van der Waals surface area contributed by atoms with Crippen molar-refractivity contribution >= 4 is 39.1 Å². The fraction of sp³-hybridized carbons (Fsp3) is 0.0571. The Morgan fingerprint density at radius 1 is 0.829 bits per heavy atom. The number of aromatic nitrogens is 4. The minimum Gasteiger partial charge on any atom is -0.262 e. The minimum atomic E-state index is 0.109. The van der Waals surface area contributed by atoms with Crippen molar-refractivity contribution in [2.75, 3.05) is 4.90 Å². The lowest BCUT2D eigenvalue weighted by Crippen LogP contribution is -2.20. The summed E-state index contributed by atoms with van der Waals surface area (Å²) in [4.78, 5) is 22.4. The number of benzene rings is 3. The van der Waals surface area contributed by atoms with Gasteiger partial charge in [-0.3, -0.25) is 9.88 Å². The molecule has 6 aromatic rings. The van der Waals surface area contributed by atoms with Crippen LogP contribution >= 0.6 is 0 Å². The molecule has 0 radical (unpaired) electrons. The lowest BCUT2D eigenvalue weighted by Gasteiger charge is -2.31. The molecular weight excluding hydrogens is 504 g/mol. The predicted molar refractivity (Wildman–Crippen MR) is 162 cm³/mol. The van der Waals surface area contributed by atoms with Gasteiger partial charge in [0.15, 0.2) is 5.82 Å². The molecule has 1 aliphatic heterocycles. The Morgan fingerprint density at radius 3 is 2.63 bits per heavy atom. The zero-order valence-electron chi connectivity index (χ0n) is 21.9. The summed E-state index contributed by atoms with van der Waals surface area (Å²) in [6, 6.07) is 30.4. The van der Waals surface area contributed by atoms with E-state index < -0.39 is 0 Å². The van der Waals surface area contributed by atoms with Crippen LogP contribution in [-0.4, -0.2) is 19.9 Å². The van der Waals surface area contributed by atoms with Crippen molar-refractivity contribution in [2.45, 2.75) is 12.3 Å². The molecule has 41 heavy (non-hydrogen) atoms. The Morgan fingerprint density at radius 2 is 1.73 bits per heavy atom. The number of nitrogens with zero attached hydrogens (tertiary/aromatic N) is 6. The van der Waals surface area contributed by atoms with Crippen LogP contribution in [0.15, 0.2) is 115 Å². The van der Waals surface area contributed by atoms with E-state index in [-0.39, 0.29) is 5.92 Å². The number of hydrogen-bond donors (Lipinski definition) is 0. The maximum Gasteiger partial charge on any atom is 0.236 e. The Balaban J connectivity index is 1.44. The summed E-state index contributed by atoms with van der Waals surface area (Å²) >= 11 is 0. The van der Waals surface area contributed by atoms with Crippen LogP contribution < -0.4 is 4.90 Å². The SMILES string of the molecule is N#Cc1cccc(-c2cc(C3C=CC=CC3)nc(N3c4ccccc4-c4nccc5c4c3nc3ccccc35)n2)c1. The summed E-state index contributed by atoms with van der Waals surface area (Å²) < 4.78 is 0. The molecule has 1 unspecified atom stereocenters. The summed E-state index contributed by atoms with van der Waals surface area (Å²) in [5.41, 5.74) is 6.87. The van der Waals surface area contributed by atoms with Gasteiger partial charge in [-0.25, -0.2) is 15.0 Å². The van der Waals surface area contributed by atoms with E-state index in [1.54, 1.807) is 0 Å². The molecule has 3 aromatic heterocycles. The molecule has 1 aliphatic carbocycles. The Kier molecular flexibility index (Phi) is 5.22. The molecule has 0 saturated heterocycles. The predicted octanol–water partition coefficient (Wildman–Crippen LogP) is 8.16. The van der Waals surface area contributed by atoms with Crippen LogP contribution in [0.2, 0.25) is 0 Å². The Bertz CT molecular complexity index is 2120. The van der Waals surface area contributed by atoms with E-state index in [0.29, 0.717) is 11.5 Å². The number of nitriles is 1. The van der Waals surface area contributed by atoms with E-state index in [1.807, 2.05) is 66.9 Å². The van der Waals surface area contributed by atoms with Gasteiger partial charge in [0, 0.05) is 28.6 Å². The molecule has 192 valence electrons. The highest BCUT2D eigenvalue weighted by Crippen LogP contribution is 2.49. The van der Waals surface area contributed by atoms with Crippen LogP contribution in [0.4, 0.5) is 17.5 Å². The Hall–Kier alpha value is -5.67. The van der Waals surface area contributed by atoms with E-state index in [0.717, 1.165) is 67.8 Å². The summed E-state index contributed by atoms with van der Waals surface area (Å²) in [5, 5.41) is 12.7. The van der Waals surface area contributed by atoms with Crippen molar-refractivity contribution < 1.29 is 0 Å². The number of fused-ring (bicyclic) bond motifs is 4. The zero-order chi connectivity index (χ0) is 27.3. The van der Waals surface area contributed by atoms with Gasteiger partial charge in [-0.2, -0.15) is 5.26 Å². The van der Waals surface area contributed by atoms with Gasteiger partial charge in [0.2, 0.25) is 5.95 Å². The van der Waals surface area contributed by atoms with Crippen LogP contribution in [-0.2, 0) is 0 Å². The summed E-state index contributed by atoms with van der Waals surface area (Å²) in [6.07, 6.45) is 11.2. The third-order valence-corrected chi connectivity index (χ3v) is 7.79. The first-order valence-corrected chi connectivity index (χ1v) is 13.6. The van der Waals surface area contributed by atoms with Crippen molar-refractivity contribution in [3.8, 4) is 28.6 Å².